The van der Waals surface area contributed by atoms with E-state index in [2.05, 4.69) is 51.6 Å². The Labute approximate surface area is 262 Å². The van der Waals surface area contributed by atoms with E-state index in [4.69, 9.17) is 14.7 Å². The fourth-order valence-electron chi connectivity index (χ4n) is 4.28. The van der Waals surface area contributed by atoms with Gasteiger partial charge in [-0.25, -0.2) is 18.4 Å². The largest absolute Gasteiger partial charge is 0.490 e. The molecule has 43 heavy (non-hydrogen) atoms. The molecule has 11 nitrogen and oxygen atoms in total. The molecule has 232 valence electrons. The van der Waals surface area contributed by atoms with Crippen molar-refractivity contribution in [2.75, 3.05) is 64.1 Å². The number of nitrogens with zero attached hydrogens (tertiary/aromatic N) is 5. The van der Waals surface area contributed by atoms with Gasteiger partial charge in [-0.2, -0.15) is 5.10 Å². The lowest BCUT2D eigenvalue weighted by Crippen LogP contribution is -2.36. The van der Waals surface area contributed by atoms with Gasteiger partial charge in [0, 0.05) is 54.3 Å². The van der Waals surface area contributed by atoms with Crippen LogP contribution in [0.15, 0.2) is 62.8 Å². The average Bonchev–Trinajstić information content (AvgIpc) is 3.63. The van der Waals surface area contributed by atoms with Gasteiger partial charge in [0.1, 0.15) is 0 Å². The number of H-pyrrole nitrogens is 1. The lowest BCUT2D eigenvalue weighted by molar-refractivity contribution is 0.399. The molecule has 0 saturated heterocycles. The molecule has 0 radical (unpaired) electrons. The molecule has 0 spiro atoms. The van der Waals surface area contributed by atoms with Crippen LogP contribution in [0.3, 0.4) is 0 Å². The van der Waals surface area contributed by atoms with Crippen molar-refractivity contribution in [3.05, 3.63) is 58.4 Å². The molecular formula is C29H40N8O3S3. The number of sulfone groups is 1. The Morgan fingerprint density at radius 3 is 2.47 bits per heavy atom. The standard InChI is InChI=1S/C29H40N8O3S3/c1-6-15-37(17-14-30-13-16-36(3)4)28-26(40-5)27(31-25-19-21(2)34-35-25)32-29(33-28)42-22-9-11-24(12-10-22)43(38,39)20-23-8-7-18-41-23/h7-12,18-19,30H,6,13-17,20H2,1-5H3,(H2,31,32,33,34,35). The van der Waals surface area contributed by atoms with Gasteiger partial charge in [-0.05, 0) is 74.9 Å². The molecule has 4 aromatic rings. The van der Waals surface area contributed by atoms with Crippen LogP contribution in [0, 0.1) is 6.92 Å². The van der Waals surface area contributed by atoms with Crippen LogP contribution in [0.4, 0.5) is 17.5 Å². The van der Waals surface area contributed by atoms with Crippen LogP contribution in [0.1, 0.15) is 23.9 Å². The summed E-state index contributed by atoms with van der Waals surface area (Å²) < 4.78 is 31.7. The quantitative estimate of drug-likeness (QED) is 0.108. The number of aromatic nitrogens is 4. The minimum absolute atomic E-state index is 0.0128. The van der Waals surface area contributed by atoms with Gasteiger partial charge in [0.2, 0.25) is 5.75 Å². The van der Waals surface area contributed by atoms with Crippen molar-refractivity contribution in [3.8, 4) is 5.75 Å². The highest BCUT2D eigenvalue weighted by Gasteiger charge is 2.22. The topological polar surface area (TPSA) is 128 Å². The van der Waals surface area contributed by atoms with Crippen LogP contribution in [-0.4, -0.2) is 87.4 Å². The van der Waals surface area contributed by atoms with Crippen LogP contribution in [-0.2, 0) is 15.6 Å². The number of anilines is 3. The minimum atomic E-state index is -3.45. The van der Waals surface area contributed by atoms with E-state index < -0.39 is 9.84 Å². The summed E-state index contributed by atoms with van der Waals surface area (Å²) in [5, 5.41) is 16.4. The Bertz CT molecular complexity index is 1540. The average molecular weight is 645 g/mol. The molecule has 0 fully saturated rings. The summed E-state index contributed by atoms with van der Waals surface area (Å²) in [5.74, 6) is 2.31. The Hall–Kier alpha value is -3.17. The van der Waals surface area contributed by atoms with E-state index >= 15 is 0 Å². The summed E-state index contributed by atoms with van der Waals surface area (Å²) in [4.78, 5) is 16.0. The molecule has 0 aliphatic rings. The molecule has 0 aliphatic heterocycles. The predicted molar refractivity (Wildman–Crippen MR) is 175 cm³/mol. The van der Waals surface area contributed by atoms with Gasteiger partial charge >= 0.3 is 0 Å². The Morgan fingerprint density at radius 2 is 1.84 bits per heavy atom. The molecule has 0 amide bonds. The van der Waals surface area contributed by atoms with Gasteiger partial charge in [-0.1, -0.05) is 13.0 Å². The molecule has 4 rings (SSSR count). The van der Waals surface area contributed by atoms with Crippen molar-refractivity contribution in [1.29, 1.82) is 0 Å². The van der Waals surface area contributed by atoms with Crippen LogP contribution in [0.5, 0.6) is 5.75 Å². The van der Waals surface area contributed by atoms with Crippen LogP contribution in [0.25, 0.3) is 0 Å². The van der Waals surface area contributed by atoms with E-state index in [-0.39, 0.29) is 10.6 Å². The van der Waals surface area contributed by atoms with E-state index in [1.54, 1.807) is 31.4 Å². The second-order valence-corrected chi connectivity index (χ2v) is 14.3. The van der Waals surface area contributed by atoms with E-state index in [1.165, 1.54) is 23.1 Å². The number of thiophene rings is 1. The molecule has 0 saturated carbocycles. The molecule has 0 aliphatic carbocycles. The molecule has 3 heterocycles. The number of ether oxygens (including phenoxy) is 1. The summed E-state index contributed by atoms with van der Waals surface area (Å²) in [6.07, 6.45) is 0.927. The summed E-state index contributed by atoms with van der Waals surface area (Å²) in [7, 11) is 2.29. The molecule has 0 unspecified atom stereocenters. The van der Waals surface area contributed by atoms with Crippen LogP contribution >= 0.6 is 23.1 Å². The van der Waals surface area contributed by atoms with E-state index in [9.17, 15) is 8.42 Å². The SMILES string of the molecule is CCCN(CCNCCN(C)C)c1nc(Sc2ccc(S(=O)(=O)Cc3cccs3)cc2)nc(Nc2cc(C)[nH]n2)c1OC. The normalized spacial score (nSPS) is 11.7. The maximum Gasteiger partial charge on any atom is 0.204 e. The zero-order chi connectivity index (χ0) is 30.8. The highest BCUT2D eigenvalue weighted by atomic mass is 32.2. The summed E-state index contributed by atoms with van der Waals surface area (Å²) >= 11 is 2.80. The van der Waals surface area contributed by atoms with Crippen molar-refractivity contribution < 1.29 is 13.2 Å². The third-order valence-electron chi connectivity index (χ3n) is 6.38. The number of likely N-dealkylation sites (N-methyl/N-ethyl adjacent to an activating group) is 1. The second kappa shape index (κ2) is 15.5. The van der Waals surface area contributed by atoms with E-state index in [0.29, 0.717) is 28.4 Å². The monoisotopic (exact) mass is 644 g/mol. The fraction of sp³-hybridized carbons (Fsp3) is 0.414. The summed E-state index contributed by atoms with van der Waals surface area (Å²) in [6.45, 7) is 8.21. The number of hydrogen-bond acceptors (Lipinski definition) is 12. The zero-order valence-corrected chi connectivity index (χ0v) is 27.7. The first-order chi connectivity index (χ1) is 20.7. The van der Waals surface area contributed by atoms with Crippen molar-refractivity contribution in [2.24, 2.45) is 0 Å². The number of methoxy groups -OCH3 is 1. The van der Waals surface area contributed by atoms with Crippen molar-refractivity contribution in [1.82, 2.24) is 30.4 Å². The van der Waals surface area contributed by atoms with Crippen LogP contribution < -0.4 is 20.3 Å². The van der Waals surface area contributed by atoms with Gasteiger partial charge in [-0.3, -0.25) is 5.10 Å². The number of nitrogens with one attached hydrogen (secondary N) is 3. The Morgan fingerprint density at radius 1 is 1.07 bits per heavy atom. The maximum absolute atomic E-state index is 12.9. The van der Waals surface area contributed by atoms with E-state index in [0.717, 1.165) is 54.6 Å². The molecule has 3 aromatic heterocycles. The Kier molecular flexibility index (Phi) is 11.8. The lowest BCUT2D eigenvalue weighted by atomic mass is 10.3. The van der Waals surface area contributed by atoms with Crippen molar-refractivity contribution >= 4 is 50.4 Å². The number of hydrogen-bond donors (Lipinski definition) is 3. The third-order valence-corrected chi connectivity index (χ3v) is 9.99. The molecule has 14 heteroatoms. The number of aromatic amines is 1. The molecular weight excluding hydrogens is 605 g/mol. The number of aryl methyl sites for hydroxylation is 1. The van der Waals surface area contributed by atoms with Gasteiger partial charge < -0.3 is 25.2 Å². The van der Waals surface area contributed by atoms with Crippen molar-refractivity contribution in [2.45, 2.75) is 41.0 Å². The molecule has 1 aromatic carbocycles. The van der Waals surface area contributed by atoms with Gasteiger partial charge in [-0.15, -0.1) is 11.3 Å². The van der Waals surface area contributed by atoms with Crippen LogP contribution in [0.2, 0.25) is 0 Å². The van der Waals surface area contributed by atoms with Crippen molar-refractivity contribution in [3.63, 3.8) is 0 Å². The maximum atomic E-state index is 12.9. The third kappa shape index (κ3) is 9.41. The van der Waals surface area contributed by atoms with E-state index in [1.807, 2.05) is 30.5 Å². The second-order valence-electron chi connectivity index (χ2n) is 10.2. The highest BCUT2D eigenvalue weighted by molar-refractivity contribution is 7.99. The molecule has 3 N–H and O–H groups in total. The van der Waals surface area contributed by atoms with Gasteiger partial charge in [0.05, 0.1) is 17.8 Å². The summed E-state index contributed by atoms with van der Waals surface area (Å²) in [6, 6.07) is 12.5. The number of rotatable bonds is 17. The number of benzene rings is 1. The minimum Gasteiger partial charge on any atom is -0.490 e. The van der Waals surface area contributed by atoms with Gasteiger partial charge in [0.25, 0.3) is 0 Å². The smallest absolute Gasteiger partial charge is 0.204 e. The van der Waals surface area contributed by atoms with Gasteiger partial charge in [0.15, 0.2) is 32.4 Å². The Balaban J connectivity index is 1.61. The summed E-state index contributed by atoms with van der Waals surface area (Å²) in [5.41, 5.74) is 0.913. The first-order valence-corrected chi connectivity index (χ1v) is 17.4. The predicted octanol–water partition coefficient (Wildman–Crippen LogP) is 4.81. The highest BCUT2D eigenvalue weighted by Crippen LogP contribution is 2.38. The molecule has 0 atom stereocenters. The lowest BCUT2D eigenvalue weighted by Gasteiger charge is -2.26. The fourth-order valence-corrected chi connectivity index (χ4v) is 7.44. The first-order valence-electron chi connectivity index (χ1n) is 14.1. The first kappa shape index (κ1) is 32.7. The zero-order valence-electron chi connectivity index (χ0n) is 25.3. The molecule has 0 bridgehead atoms.